The monoisotopic (exact) mass is 457 g/mol. The second kappa shape index (κ2) is 15.3. The number of nitrogens with zero attached hydrogens (tertiary/aromatic N) is 1. The van der Waals surface area contributed by atoms with Crippen LogP contribution in [0.15, 0.2) is 59.5 Å². The number of ether oxygens (including phenoxy) is 1. The lowest BCUT2D eigenvalue weighted by molar-refractivity contribution is -0.135. The van der Waals surface area contributed by atoms with E-state index in [0.29, 0.717) is 12.2 Å². The number of carbonyl (C=O) groups excluding carboxylic acids is 1. The molecule has 2 aromatic carbocycles. The number of nitrogens with two attached hydrogens (primary N) is 1. The van der Waals surface area contributed by atoms with Gasteiger partial charge in [-0.3, -0.25) is 9.70 Å². The topological polar surface area (TPSA) is 179 Å². The Morgan fingerprint density at radius 1 is 1.06 bits per heavy atom. The number of anilines is 1. The first-order valence-electron chi connectivity index (χ1n) is 10.1. The minimum Gasteiger partial charge on any atom is -0.480 e. The molecule has 0 bridgehead atoms. The average Bonchev–Trinajstić information content (AvgIpc) is 2.77. The number of carboxylic acids is 1. The first-order valence-corrected chi connectivity index (χ1v) is 10.1. The molecule has 0 aliphatic rings. The van der Waals surface area contributed by atoms with E-state index in [2.05, 4.69) is 20.8 Å². The van der Waals surface area contributed by atoms with Gasteiger partial charge in [0.05, 0.1) is 12.2 Å². The van der Waals surface area contributed by atoms with Gasteiger partial charge in [0, 0.05) is 5.69 Å². The largest absolute Gasteiger partial charge is 0.480 e. The highest BCUT2D eigenvalue weighted by atomic mass is 16.5. The van der Waals surface area contributed by atoms with Crippen LogP contribution >= 0.6 is 0 Å². The third-order valence-corrected chi connectivity index (χ3v) is 3.71. The molecule has 8 N–H and O–H groups in total. The molecule has 2 rings (SSSR count). The number of rotatable bonds is 9. The molecule has 13 heteroatoms. The van der Waals surface area contributed by atoms with E-state index in [-0.39, 0.29) is 25.1 Å². The van der Waals surface area contributed by atoms with Gasteiger partial charge in [0.2, 0.25) is 0 Å². The van der Waals surface area contributed by atoms with E-state index in [0.717, 1.165) is 11.3 Å². The van der Waals surface area contributed by atoms with Crippen LogP contribution in [0.4, 0.5) is 5.69 Å². The second-order valence-electron chi connectivity index (χ2n) is 6.70. The summed E-state index contributed by atoms with van der Waals surface area (Å²) in [5, 5.41) is 34.0. The normalized spacial score (nSPS) is 10.3. The SMILES string of the molecule is CB(O)N=C(NCC(=O)O)NB(C)O.NCNc1ccc(C(=O)OCc2ccccc2)cc1. The lowest BCUT2D eigenvalue weighted by Crippen LogP contribution is -2.47. The standard InChI is InChI=1S/C15H16N2O2.C5H13B2N3O4/c16-11-17-14-8-6-13(7-9-14)15(18)19-10-12-4-2-1-3-5-12;1-6(13)9-5(10-7(2)14)8-3-4(11)12/h1-9,17H,10-11,16H2;13-14H,3H2,1-2H3,(H,11,12)(H2,8,9,10). The fourth-order valence-electron chi connectivity index (χ4n) is 2.33. The molecule has 0 unspecified atom stereocenters. The van der Waals surface area contributed by atoms with Crippen LogP contribution in [0, 0.1) is 0 Å². The van der Waals surface area contributed by atoms with Crippen molar-refractivity contribution in [1.29, 1.82) is 0 Å². The smallest absolute Gasteiger partial charge is 0.431 e. The van der Waals surface area contributed by atoms with Crippen LogP contribution in [0.2, 0.25) is 13.6 Å². The summed E-state index contributed by atoms with van der Waals surface area (Å²) in [5.41, 5.74) is 7.74. The van der Waals surface area contributed by atoms with E-state index in [4.69, 9.17) is 25.6 Å². The minimum atomic E-state index is -1.06. The summed E-state index contributed by atoms with van der Waals surface area (Å²) < 4.78 is 5.23. The van der Waals surface area contributed by atoms with Crippen LogP contribution in [-0.4, -0.2) is 60.4 Å². The lowest BCUT2D eigenvalue weighted by atomic mass is 9.88. The van der Waals surface area contributed by atoms with Crippen molar-refractivity contribution in [2.75, 3.05) is 18.5 Å². The quantitative estimate of drug-likeness (QED) is 0.0905. The van der Waals surface area contributed by atoms with Crippen molar-refractivity contribution in [3.63, 3.8) is 0 Å². The number of benzene rings is 2. The van der Waals surface area contributed by atoms with E-state index in [9.17, 15) is 9.59 Å². The molecule has 0 amide bonds. The van der Waals surface area contributed by atoms with E-state index in [1.807, 2.05) is 30.3 Å². The molecule has 11 nitrogen and oxygen atoms in total. The maximum Gasteiger partial charge on any atom is 0.431 e. The zero-order valence-electron chi connectivity index (χ0n) is 18.6. The third kappa shape index (κ3) is 12.8. The zero-order valence-corrected chi connectivity index (χ0v) is 18.6. The Hall–Kier alpha value is -3.54. The van der Waals surface area contributed by atoms with Gasteiger partial charge >= 0.3 is 26.0 Å². The molecule has 2 aromatic rings. The summed E-state index contributed by atoms with van der Waals surface area (Å²) in [7, 11) is -1.86. The lowest BCUT2D eigenvalue weighted by Gasteiger charge is -2.11. The van der Waals surface area contributed by atoms with Crippen LogP contribution < -0.4 is 21.6 Å². The maximum atomic E-state index is 11.8. The number of carboxylic acid groups (broad SMARTS) is 1. The van der Waals surface area contributed by atoms with Gasteiger partial charge in [-0.05, 0) is 43.5 Å². The average molecular weight is 457 g/mol. The van der Waals surface area contributed by atoms with Crippen molar-refractivity contribution < 1.29 is 29.5 Å². The van der Waals surface area contributed by atoms with Gasteiger partial charge in [-0.15, -0.1) is 0 Å². The van der Waals surface area contributed by atoms with Gasteiger partial charge in [-0.2, -0.15) is 0 Å². The molecule has 0 spiro atoms. The van der Waals surface area contributed by atoms with Crippen molar-refractivity contribution in [1.82, 2.24) is 10.5 Å². The van der Waals surface area contributed by atoms with Gasteiger partial charge in [0.1, 0.15) is 13.2 Å². The molecule has 0 saturated carbocycles. The Morgan fingerprint density at radius 3 is 2.21 bits per heavy atom. The highest BCUT2D eigenvalue weighted by Gasteiger charge is 2.10. The van der Waals surface area contributed by atoms with Crippen LogP contribution in [-0.2, 0) is 16.1 Å². The Labute approximate surface area is 193 Å². The molecule has 0 aliphatic heterocycles. The van der Waals surface area contributed by atoms with E-state index in [1.54, 1.807) is 24.3 Å². The second-order valence-corrected chi connectivity index (χ2v) is 6.70. The fraction of sp³-hybridized carbons (Fsp3) is 0.250. The van der Waals surface area contributed by atoms with E-state index in [1.165, 1.54) is 13.6 Å². The Balaban J connectivity index is 0.000000349. The Bertz CT molecular complexity index is 882. The molecule has 176 valence electrons. The summed E-state index contributed by atoms with van der Waals surface area (Å²) >= 11 is 0. The number of hydrogen-bond acceptors (Lipinski definition) is 8. The number of nitrogens with one attached hydrogen (secondary N) is 3. The Morgan fingerprint density at radius 2 is 1.70 bits per heavy atom. The van der Waals surface area contributed by atoms with Crippen LogP contribution in [0.1, 0.15) is 15.9 Å². The number of esters is 1. The third-order valence-electron chi connectivity index (χ3n) is 3.71. The molecule has 0 heterocycles. The van der Waals surface area contributed by atoms with Crippen molar-refractivity contribution >= 4 is 37.7 Å². The molecule has 0 fully saturated rings. The molecular weight excluding hydrogens is 428 g/mol. The summed E-state index contributed by atoms with van der Waals surface area (Å²) in [6.07, 6.45) is 0. The molecular formula is C20H29B2N5O6. The summed E-state index contributed by atoms with van der Waals surface area (Å²) in [6.45, 7) is 3.15. The Kier molecular flexibility index (Phi) is 12.7. The van der Waals surface area contributed by atoms with Crippen molar-refractivity contribution in [3.05, 3.63) is 65.7 Å². The first kappa shape index (κ1) is 27.5. The predicted octanol–water partition coefficient (Wildman–Crippen LogP) is 0.199. The zero-order chi connectivity index (χ0) is 24.6. The molecule has 33 heavy (non-hydrogen) atoms. The molecule has 0 aliphatic carbocycles. The van der Waals surface area contributed by atoms with Crippen LogP contribution in [0.25, 0.3) is 0 Å². The molecule has 0 saturated heterocycles. The van der Waals surface area contributed by atoms with Gasteiger partial charge in [0.15, 0.2) is 5.96 Å². The van der Waals surface area contributed by atoms with Crippen molar-refractivity contribution in [3.8, 4) is 0 Å². The van der Waals surface area contributed by atoms with Crippen LogP contribution in [0.5, 0.6) is 0 Å². The highest BCUT2D eigenvalue weighted by Crippen LogP contribution is 2.11. The number of aliphatic carboxylic acids is 1. The number of hydrogen-bond donors (Lipinski definition) is 7. The molecule has 0 atom stereocenters. The molecule has 0 aromatic heterocycles. The van der Waals surface area contributed by atoms with E-state index >= 15 is 0 Å². The molecule has 0 radical (unpaired) electrons. The van der Waals surface area contributed by atoms with Crippen molar-refractivity contribution in [2.24, 2.45) is 10.6 Å². The first-order chi connectivity index (χ1) is 15.7. The van der Waals surface area contributed by atoms with E-state index < -0.39 is 20.1 Å². The maximum absolute atomic E-state index is 11.8. The van der Waals surface area contributed by atoms with Gasteiger partial charge in [0.25, 0.3) is 0 Å². The minimum absolute atomic E-state index is 0.0393. The summed E-state index contributed by atoms with van der Waals surface area (Å²) in [6, 6.07) is 16.6. The van der Waals surface area contributed by atoms with Gasteiger partial charge in [-0.25, -0.2) is 4.79 Å². The summed E-state index contributed by atoms with van der Waals surface area (Å²) in [4.78, 5) is 25.6. The number of guanidine groups is 1. The number of carbonyl (C=O) groups is 2. The van der Waals surface area contributed by atoms with Gasteiger partial charge < -0.3 is 41.5 Å². The summed E-state index contributed by atoms with van der Waals surface area (Å²) in [5.74, 6) is -1.35. The van der Waals surface area contributed by atoms with Crippen molar-refractivity contribution in [2.45, 2.75) is 20.3 Å². The predicted molar refractivity (Wildman–Crippen MR) is 129 cm³/mol. The van der Waals surface area contributed by atoms with Gasteiger partial charge in [-0.1, -0.05) is 30.3 Å². The fourth-order valence-corrected chi connectivity index (χ4v) is 2.33. The highest BCUT2D eigenvalue weighted by molar-refractivity contribution is 6.52. The van der Waals surface area contributed by atoms with Crippen LogP contribution in [0.3, 0.4) is 0 Å².